The first kappa shape index (κ1) is 30.9. The van der Waals surface area contributed by atoms with E-state index in [0.29, 0.717) is 24.1 Å². The number of carbonyl (C=O) groups excluding carboxylic acids is 2. The van der Waals surface area contributed by atoms with E-state index >= 15 is 0 Å². The van der Waals surface area contributed by atoms with Gasteiger partial charge in [0.05, 0.1) is 5.56 Å². The Balaban J connectivity index is 1.53. The minimum atomic E-state index is -1.98. The number of aromatic nitrogens is 1. The van der Waals surface area contributed by atoms with Gasteiger partial charge in [-0.25, -0.2) is 4.98 Å². The third-order valence-electron chi connectivity index (χ3n) is 7.57. The van der Waals surface area contributed by atoms with Crippen LogP contribution >= 0.6 is 0 Å². The summed E-state index contributed by atoms with van der Waals surface area (Å²) in [7, 11) is 0. The number of carbonyl (C=O) groups is 2. The topological polar surface area (TPSA) is 118 Å². The molecule has 1 aliphatic heterocycles. The quantitative estimate of drug-likeness (QED) is 0.202. The van der Waals surface area contributed by atoms with Crippen LogP contribution in [-0.2, 0) is 32.0 Å². The van der Waals surface area contributed by atoms with Crippen molar-refractivity contribution in [3.05, 3.63) is 89.6 Å². The molecular formula is C33H37N3O5S. The van der Waals surface area contributed by atoms with Crippen molar-refractivity contribution in [3.63, 3.8) is 0 Å². The van der Waals surface area contributed by atoms with Crippen LogP contribution in [0.2, 0.25) is 0 Å². The van der Waals surface area contributed by atoms with Crippen LogP contribution in [0, 0.1) is 22.7 Å². The lowest BCUT2D eigenvalue weighted by Crippen LogP contribution is -2.51. The molecule has 3 aromatic rings. The highest BCUT2D eigenvalue weighted by molar-refractivity contribution is 7.81. The van der Waals surface area contributed by atoms with Crippen LogP contribution < -0.4 is 8.91 Å². The number of cyclic esters (lactones) is 1. The van der Waals surface area contributed by atoms with Gasteiger partial charge >= 0.3 is 17.2 Å². The van der Waals surface area contributed by atoms with E-state index in [1.54, 1.807) is 18.2 Å². The van der Waals surface area contributed by atoms with E-state index < -0.39 is 40.1 Å². The van der Waals surface area contributed by atoms with Gasteiger partial charge in [0, 0.05) is 30.3 Å². The monoisotopic (exact) mass is 587 g/mol. The Morgan fingerprint density at radius 1 is 1.12 bits per heavy atom. The second kappa shape index (κ2) is 13.3. The number of hydrogen-bond donors (Lipinski definition) is 1. The molecule has 0 amide bonds. The highest BCUT2D eigenvalue weighted by Gasteiger charge is 2.51. The van der Waals surface area contributed by atoms with E-state index in [1.165, 1.54) is 18.3 Å². The first-order chi connectivity index (χ1) is 20.0. The van der Waals surface area contributed by atoms with Crippen LogP contribution in [0.1, 0.15) is 76.0 Å². The van der Waals surface area contributed by atoms with Gasteiger partial charge in [-0.2, -0.15) is 9.47 Å². The van der Waals surface area contributed by atoms with Crippen molar-refractivity contribution in [1.29, 1.82) is 5.26 Å². The fourth-order valence-electron chi connectivity index (χ4n) is 5.75. The summed E-state index contributed by atoms with van der Waals surface area (Å²) in [5.74, 6) is -1.91. The summed E-state index contributed by atoms with van der Waals surface area (Å²) in [6.45, 7) is 8.04. The number of nitriles is 1. The van der Waals surface area contributed by atoms with E-state index in [0.717, 1.165) is 24.0 Å². The molecular weight excluding hydrogens is 550 g/mol. The summed E-state index contributed by atoms with van der Waals surface area (Å²) in [5.41, 5.74) is 1.48. The van der Waals surface area contributed by atoms with E-state index in [-0.39, 0.29) is 18.1 Å². The molecule has 42 heavy (non-hydrogen) atoms. The Kier molecular flexibility index (Phi) is 9.79. The number of rotatable bonds is 11. The SMILES string of the molecule is CCC[C@]1(CCc2ccccc2)CC(=O)C([C@H](c2cccc(NS(=O)Oc3ccc(C#N)cn3)c2)C(C)(C)C)C(=O)O1. The van der Waals surface area contributed by atoms with E-state index in [9.17, 15) is 13.8 Å². The predicted octanol–water partition coefficient (Wildman–Crippen LogP) is 6.46. The summed E-state index contributed by atoms with van der Waals surface area (Å²) in [4.78, 5) is 31.6. The number of pyridine rings is 1. The zero-order chi connectivity index (χ0) is 30.3. The number of ether oxygens (including phenoxy) is 1. The van der Waals surface area contributed by atoms with Crippen LogP contribution in [0.15, 0.2) is 72.9 Å². The number of Topliss-reactive ketones (excluding diaryl/α,β-unsaturated/α-hetero) is 1. The summed E-state index contributed by atoms with van der Waals surface area (Å²) in [6.07, 6.45) is 4.26. The number of benzene rings is 2. The minimum Gasteiger partial charge on any atom is -0.458 e. The van der Waals surface area contributed by atoms with Gasteiger partial charge in [-0.15, -0.1) is 0 Å². The molecule has 0 bridgehead atoms. The maximum Gasteiger partial charge on any atom is 0.317 e. The van der Waals surface area contributed by atoms with Gasteiger partial charge in [-0.05, 0) is 54.0 Å². The molecule has 9 heteroatoms. The number of nitrogens with zero attached hydrogens (tertiary/aromatic N) is 2. The molecule has 2 unspecified atom stereocenters. The average Bonchev–Trinajstić information content (AvgIpc) is 2.94. The maximum absolute atomic E-state index is 13.9. The smallest absolute Gasteiger partial charge is 0.317 e. The molecule has 2 aromatic carbocycles. The lowest BCUT2D eigenvalue weighted by molar-refractivity contribution is -0.182. The average molecular weight is 588 g/mol. The van der Waals surface area contributed by atoms with Crippen LogP contribution in [-0.4, -0.2) is 26.5 Å². The largest absolute Gasteiger partial charge is 0.458 e. The molecule has 2 heterocycles. The number of esters is 1. The third-order valence-corrected chi connectivity index (χ3v) is 8.30. The van der Waals surface area contributed by atoms with Gasteiger partial charge in [0.1, 0.15) is 17.6 Å². The first-order valence-electron chi connectivity index (χ1n) is 14.2. The Labute approximate surface area is 250 Å². The Morgan fingerprint density at radius 2 is 1.88 bits per heavy atom. The lowest BCUT2D eigenvalue weighted by Gasteiger charge is -2.44. The van der Waals surface area contributed by atoms with Crippen LogP contribution in [0.4, 0.5) is 5.69 Å². The highest BCUT2D eigenvalue weighted by atomic mass is 32.2. The van der Waals surface area contributed by atoms with Gasteiger partial charge in [0.15, 0.2) is 5.78 Å². The van der Waals surface area contributed by atoms with Crippen molar-refractivity contribution in [2.45, 2.75) is 71.3 Å². The van der Waals surface area contributed by atoms with Gasteiger partial charge in [-0.3, -0.25) is 14.3 Å². The molecule has 4 rings (SSSR count). The standard InChI is InChI=1S/C33H37N3O5S/c1-5-17-33(18-16-23-10-7-6-8-11-23)20-27(37)29(31(38)40-33)30(32(2,3)4)25-12-9-13-26(19-25)36-42(39)41-28-15-14-24(21-34)22-35-28/h6-15,19,22,29-30,36H,5,16-18,20H2,1-4H3/t29?,30-,33-,42?/m0/s1. The highest BCUT2D eigenvalue weighted by Crippen LogP contribution is 2.47. The molecule has 1 N–H and O–H groups in total. The molecule has 4 atom stereocenters. The van der Waals surface area contributed by atoms with Crippen molar-refractivity contribution < 1.29 is 22.7 Å². The Hall–Kier alpha value is -4.03. The van der Waals surface area contributed by atoms with Gasteiger partial charge in [-0.1, -0.05) is 76.6 Å². The molecule has 8 nitrogen and oxygen atoms in total. The molecule has 220 valence electrons. The first-order valence-corrected chi connectivity index (χ1v) is 15.2. The summed E-state index contributed by atoms with van der Waals surface area (Å²) in [5, 5.41) is 8.92. The van der Waals surface area contributed by atoms with Crippen molar-refractivity contribution >= 4 is 28.7 Å². The molecule has 0 saturated carbocycles. The normalized spacial score (nSPS) is 20.2. The summed E-state index contributed by atoms with van der Waals surface area (Å²) >= 11 is -1.98. The Morgan fingerprint density at radius 3 is 2.50 bits per heavy atom. The van der Waals surface area contributed by atoms with E-state index in [2.05, 4.69) is 9.71 Å². The molecule has 0 radical (unpaired) electrons. The van der Waals surface area contributed by atoms with Crippen molar-refractivity contribution in [2.75, 3.05) is 4.72 Å². The van der Waals surface area contributed by atoms with Crippen molar-refractivity contribution in [3.8, 4) is 11.9 Å². The molecule has 1 aliphatic rings. The van der Waals surface area contributed by atoms with Crippen LogP contribution in [0.3, 0.4) is 0 Å². The van der Waals surface area contributed by atoms with Gasteiger partial charge in [0.2, 0.25) is 5.88 Å². The van der Waals surface area contributed by atoms with Crippen LogP contribution in [0.5, 0.6) is 5.88 Å². The zero-order valence-corrected chi connectivity index (χ0v) is 25.3. The van der Waals surface area contributed by atoms with Gasteiger partial charge < -0.3 is 8.92 Å². The van der Waals surface area contributed by atoms with E-state index in [4.69, 9.17) is 14.2 Å². The predicted molar refractivity (Wildman–Crippen MR) is 162 cm³/mol. The van der Waals surface area contributed by atoms with Crippen molar-refractivity contribution in [1.82, 2.24) is 4.98 Å². The molecule has 1 aromatic heterocycles. The fraction of sp³-hybridized carbons (Fsp3) is 0.394. The maximum atomic E-state index is 13.9. The molecule has 0 spiro atoms. The molecule has 1 saturated heterocycles. The van der Waals surface area contributed by atoms with Gasteiger partial charge in [0.25, 0.3) is 0 Å². The number of nitrogens with one attached hydrogen (secondary N) is 1. The summed E-state index contributed by atoms with van der Waals surface area (Å²) < 4.78 is 27.0. The molecule has 0 aliphatic carbocycles. The zero-order valence-electron chi connectivity index (χ0n) is 24.5. The number of anilines is 1. The lowest BCUT2D eigenvalue weighted by atomic mass is 9.65. The minimum absolute atomic E-state index is 0.0990. The second-order valence-electron chi connectivity index (χ2n) is 11.8. The summed E-state index contributed by atoms with van der Waals surface area (Å²) in [6, 6.07) is 22.1. The molecule has 1 fully saturated rings. The second-order valence-corrected chi connectivity index (χ2v) is 12.7. The number of ketones is 1. The van der Waals surface area contributed by atoms with Crippen molar-refractivity contribution in [2.24, 2.45) is 11.3 Å². The number of hydrogen-bond acceptors (Lipinski definition) is 7. The third kappa shape index (κ3) is 7.62. The van der Waals surface area contributed by atoms with Crippen LogP contribution in [0.25, 0.3) is 0 Å². The number of aryl methyl sites for hydroxylation is 1. The fourth-order valence-corrected chi connectivity index (χ4v) is 6.36. The Bertz CT molecular complexity index is 1440. The van der Waals surface area contributed by atoms with E-state index in [1.807, 2.05) is 70.2 Å².